The zero-order chi connectivity index (χ0) is 21.6. The third kappa shape index (κ3) is 3.19. The Balaban J connectivity index is 1.42. The number of fused-ring (bicyclic) bond motifs is 4. The van der Waals surface area contributed by atoms with E-state index in [2.05, 4.69) is 65.2 Å². The molecule has 2 aliphatic rings. The summed E-state index contributed by atoms with van der Waals surface area (Å²) in [7, 11) is 0. The summed E-state index contributed by atoms with van der Waals surface area (Å²) in [6.45, 7) is 8.85. The molecule has 0 saturated carbocycles. The highest BCUT2D eigenvalue weighted by atomic mass is 16.2. The molecular weight excluding hydrogens is 384 g/mol. The second-order valence-electron chi connectivity index (χ2n) is 8.82. The number of hydrogen-bond acceptors (Lipinski definition) is 2. The molecule has 0 bridgehead atoms. The number of urea groups is 1. The molecule has 1 aromatic heterocycles. The van der Waals surface area contributed by atoms with E-state index in [0.717, 1.165) is 43.7 Å². The van der Waals surface area contributed by atoms with Crippen LogP contribution in [0.3, 0.4) is 0 Å². The molecule has 0 radical (unpaired) electrons. The lowest BCUT2D eigenvalue weighted by molar-refractivity contribution is 0.161. The molecule has 2 amide bonds. The largest absolute Gasteiger partial charge is 0.359 e. The topological polar surface area (TPSA) is 40.5 Å². The lowest BCUT2D eigenvalue weighted by Crippen LogP contribution is -2.57. The van der Waals surface area contributed by atoms with Crippen molar-refractivity contribution in [3.05, 3.63) is 77.6 Å². The van der Waals surface area contributed by atoms with Crippen LogP contribution in [0, 0.1) is 13.8 Å². The van der Waals surface area contributed by atoms with Crippen LogP contribution in [0.5, 0.6) is 0 Å². The predicted molar refractivity (Wildman–Crippen MR) is 126 cm³/mol. The Bertz CT molecular complexity index is 1120. The molecule has 2 aromatic carbocycles. The molecule has 3 aromatic rings. The van der Waals surface area contributed by atoms with E-state index in [0.29, 0.717) is 0 Å². The van der Waals surface area contributed by atoms with Gasteiger partial charge in [0.2, 0.25) is 0 Å². The highest BCUT2D eigenvalue weighted by Crippen LogP contribution is 2.48. The van der Waals surface area contributed by atoms with Crippen molar-refractivity contribution in [2.45, 2.75) is 39.2 Å². The van der Waals surface area contributed by atoms with Crippen molar-refractivity contribution in [1.82, 2.24) is 9.47 Å². The lowest BCUT2D eigenvalue weighted by atomic mass is 9.80. The van der Waals surface area contributed by atoms with Gasteiger partial charge in [-0.15, -0.1) is 0 Å². The summed E-state index contributed by atoms with van der Waals surface area (Å²) in [6.07, 6.45) is 4.01. The third-order valence-corrected chi connectivity index (χ3v) is 6.89. The van der Waals surface area contributed by atoms with Crippen molar-refractivity contribution >= 4 is 17.4 Å². The van der Waals surface area contributed by atoms with Gasteiger partial charge in [-0.1, -0.05) is 18.2 Å². The van der Waals surface area contributed by atoms with E-state index in [4.69, 9.17) is 0 Å². The highest BCUT2D eigenvalue weighted by molar-refractivity contribution is 5.89. The minimum absolute atomic E-state index is 0.00839. The van der Waals surface area contributed by atoms with Gasteiger partial charge < -0.3 is 19.7 Å². The Labute approximate surface area is 184 Å². The molecule has 1 fully saturated rings. The first-order valence-electron chi connectivity index (χ1n) is 11.2. The Hall–Kier alpha value is -3.21. The molecule has 5 rings (SSSR count). The first-order valence-corrected chi connectivity index (χ1v) is 11.2. The number of piperidine rings is 1. The predicted octanol–water partition coefficient (Wildman–Crippen LogP) is 5.46. The quantitative estimate of drug-likeness (QED) is 0.605. The fourth-order valence-corrected chi connectivity index (χ4v) is 5.40. The zero-order valence-corrected chi connectivity index (χ0v) is 18.6. The van der Waals surface area contributed by atoms with Gasteiger partial charge in [-0.25, -0.2) is 4.79 Å². The molecule has 0 aliphatic carbocycles. The second-order valence-corrected chi connectivity index (χ2v) is 8.82. The maximum absolute atomic E-state index is 12.9. The van der Waals surface area contributed by atoms with Crippen LogP contribution in [0.25, 0.3) is 5.69 Å². The monoisotopic (exact) mass is 414 g/mol. The first-order chi connectivity index (χ1) is 15.0. The average Bonchev–Trinajstić information content (AvgIpc) is 3.25. The number of aromatic nitrogens is 1. The number of carbonyl (C=O) groups excluding carboxylic acids is 1. The minimum Gasteiger partial charge on any atom is -0.359 e. The normalized spacial score (nSPS) is 16.7. The lowest BCUT2D eigenvalue weighted by Gasteiger charge is -2.53. The number of anilines is 2. The van der Waals surface area contributed by atoms with E-state index in [1.54, 1.807) is 0 Å². The van der Waals surface area contributed by atoms with E-state index in [9.17, 15) is 4.79 Å². The fourth-order valence-electron chi connectivity index (χ4n) is 5.40. The van der Waals surface area contributed by atoms with Crippen LogP contribution >= 0.6 is 0 Å². The zero-order valence-electron chi connectivity index (χ0n) is 18.6. The summed E-state index contributed by atoms with van der Waals surface area (Å²) in [5, 5.41) is 3.07. The van der Waals surface area contributed by atoms with Gasteiger partial charge in [0.1, 0.15) is 0 Å². The fraction of sp³-hybridized carbons (Fsp3) is 0.346. The molecule has 1 spiro atoms. The summed E-state index contributed by atoms with van der Waals surface area (Å²) in [5.74, 6) is 0. The molecule has 0 unspecified atom stereocenters. The summed E-state index contributed by atoms with van der Waals surface area (Å²) < 4.78 is 2.35. The van der Waals surface area contributed by atoms with Crippen molar-refractivity contribution in [3.8, 4) is 5.69 Å². The number of hydrogen-bond donors (Lipinski definition) is 1. The molecular formula is C26H30N4O. The van der Waals surface area contributed by atoms with Gasteiger partial charge >= 0.3 is 6.03 Å². The average molecular weight is 415 g/mol. The van der Waals surface area contributed by atoms with Crippen LogP contribution in [0.4, 0.5) is 16.2 Å². The van der Waals surface area contributed by atoms with Gasteiger partial charge in [0, 0.05) is 37.2 Å². The maximum atomic E-state index is 12.9. The number of nitrogens with one attached hydrogen (secondary N) is 1. The first kappa shape index (κ1) is 19.7. The van der Waals surface area contributed by atoms with Gasteiger partial charge in [0.05, 0.1) is 16.9 Å². The number of amides is 2. The van der Waals surface area contributed by atoms with Crippen molar-refractivity contribution in [2.75, 3.05) is 29.9 Å². The van der Waals surface area contributed by atoms with E-state index < -0.39 is 0 Å². The summed E-state index contributed by atoms with van der Waals surface area (Å²) in [5.41, 5.74) is 7.07. The van der Waals surface area contributed by atoms with Crippen LogP contribution in [-0.4, -0.2) is 35.1 Å². The maximum Gasteiger partial charge on any atom is 0.321 e. The van der Waals surface area contributed by atoms with Crippen LogP contribution in [0.2, 0.25) is 0 Å². The molecule has 3 heterocycles. The second kappa shape index (κ2) is 7.49. The number of carbonyl (C=O) groups is 1. The molecule has 5 heteroatoms. The van der Waals surface area contributed by atoms with Crippen LogP contribution in [-0.2, 0) is 5.54 Å². The van der Waals surface area contributed by atoms with Crippen LogP contribution < -0.4 is 10.2 Å². The van der Waals surface area contributed by atoms with Crippen molar-refractivity contribution in [2.24, 2.45) is 0 Å². The van der Waals surface area contributed by atoms with Gasteiger partial charge in [0.25, 0.3) is 0 Å². The Morgan fingerprint density at radius 1 is 0.968 bits per heavy atom. The van der Waals surface area contributed by atoms with Crippen molar-refractivity contribution in [3.63, 3.8) is 0 Å². The number of aryl methyl sites for hydroxylation is 2. The Morgan fingerprint density at radius 2 is 1.74 bits per heavy atom. The molecule has 2 aliphatic heterocycles. The SMILES string of the molecule is CCN1c2cc(C)ccc2-n2cccc2C12CCN(C(=O)Nc1cccc(C)c1)CC2. The molecule has 160 valence electrons. The Morgan fingerprint density at radius 3 is 2.48 bits per heavy atom. The van der Waals surface area contributed by atoms with Crippen LogP contribution in [0.1, 0.15) is 36.6 Å². The van der Waals surface area contributed by atoms with Gasteiger partial charge in [-0.2, -0.15) is 0 Å². The van der Waals surface area contributed by atoms with Crippen molar-refractivity contribution < 1.29 is 4.79 Å². The molecule has 5 nitrogen and oxygen atoms in total. The number of benzene rings is 2. The van der Waals surface area contributed by atoms with Gasteiger partial charge in [-0.3, -0.25) is 0 Å². The van der Waals surface area contributed by atoms with Crippen molar-refractivity contribution in [1.29, 1.82) is 0 Å². The molecule has 31 heavy (non-hydrogen) atoms. The summed E-state index contributed by atoms with van der Waals surface area (Å²) >= 11 is 0. The molecule has 1 N–H and O–H groups in total. The summed E-state index contributed by atoms with van der Waals surface area (Å²) in [6, 6.07) is 19.1. The number of nitrogens with zero attached hydrogens (tertiary/aromatic N) is 3. The minimum atomic E-state index is -0.0842. The summed E-state index contributed by atoms with van der Waals surface area (Å²) in [4.78, 5) is 17.5. The van der Waals surface area contributed by atoms with E-state index >= 15 is 0 Å². The number of rotatable bonds is 2. The van der Waals surface area contributed by atoms with E-state index in [1.807, 2.05) is 36.1 Å². The molecule has 1 saturated heterocycles. The van der Waals surface area contributed by atoms with E-state index in [1.165, 1.54) is 22.6 Å². The number of likely N-dealkylation sites (tertiary alicyclic amines) is 1. The molecule has 0 atom stereocenters. The van der Waals surface area contributed by atoms with Crippen LogP contribution in [0.15, 0.2) is 60.8 Å². The smallest absolute Gasteiger partial charge is 0.321 e. The third-order valence-electron chi connectivity index (χ3n) is 6.89. The Kier molecular flexibility index (Phi) is 4.77. The van der Waals surface area contributed by atoms with Gasteiger partial charge in [0.15, 0.2) is 0 Å². The van der Waals surface area contributed by atoms with E-state index in [-0.39, 0.29) is 11.6 Å². The standard InChI is InChI=1S/C26H30N4O/c1-4-30-23-18-20(3)10-11-22(23)29-14-6-9-24(29)26(30)12-15-28(16-13-26)25(31)27-21-8-5-7-19(2)17-21/h5-11,14,17-18H,4,12-13,15-16H2,1-3H3,(H,27,31). The van der Waals surface area contributed by atoms with Gasteiger partial charge in [-0.05, 0) is 81.1 Å². The highest BCUT2D eigenvalue weighted by Gasteiger charge is 2.46.